The molecule has 25 heavy (non-hydrogen) atoms. The number of hydrogen-bond acceptors (Lipinski definition) is 2. The van der Waals surface area contributed by atoms with Crippen molar-refractivity contribution in [3.8, 4) is 0 Å². The Morgan fingerprint density at radius 2 is 1.80 bits per heavy atom. The fraction of sp³-hybridized carbons (Fsp3) is 0.263. The number of nitrogens with zero attached hydrogens (tertiary/aromatic N) is 1. The lowest BCUT2D eigenvalue weighted by Crippen LogP contribution is -2.40. The molecule has 130 valence electrons. The SMILES string of the molecule is NC(=O)N[C@H](CC(=O)N1CCc2ccccc2C1)c1ccc(Cl)cc1. The Bertz CT molecular complexity index is 776. The highest BCUT2D eigenvalue weighted by Crippen LogP contribution is 2.23. The van der Waals surface area contributed by atoms with Crippen LogP contribution in [0.4, 0.5) is 4.79 Å². The number of primary amides is 1. The van der Waals surface area contributed by atoms with E-state index in [2.05, 4.69) is 11.4 Å². The standard InChI is InChI=1S/C19H20ClN3O2/c20-16-7-5-14(6-8-16)17(22-19(21)25)11-18(24)23-10-9-13-3-1-2-4-15(13)12-23/h1-8,17H,9-12H2,(H3,21,22,25)/t17-/m1/s1. The molecule has 0 aromatic heterocycles. The van der Waals surface area contributed by atoms with E-state index in [1.807, 2.05) is 23.1 Å². The van der Waals surface area contributed by atoms with Crippen molar-refractivity contribution < 1.29 is 9.59 Å². The van der Waals surface area contributed by atoms with Gasteiger partial charge in [-0.2, -0.15) is 0 Å². The van der Waals surface area contributed by atoms with E-state index in [4.69, 9.17) is 17.3 Å². The number of fused-ring (bicyclic) bond motifs is 1. The van der Waals surface area contributed by atoms with Crippen LogP contribution < -0.4 is 11.1 Å². The number of nitrogens with two attached hydrogens (primary N) is 1. The number of carbonyl (C=O) groups excluding carboxylic acids is 2. The van der Waals surface area contributed by atoms with Crippen LogP contribution in [0.25, 0.3) is 0 Å². The molecule has 3 amide bonds. The second kappa shape index (κ2) is 7.57. The van der Waals surface area contributed by atoms with Gasteiger partial charge in [0.2, 0.25) is 5.91 Å². The van der Waals surface area contributed by atoms with Crippen LogP contribution in [-0.4, -0.2) is 23.4 Å². The highest BCUT2D eigenvalue weighted by molar-refractivity contribution is 6.30. The minimum absolute atomic E-state index is 0.0109. The van der Waals surface area contributed by atoms with E-state index in [0.717, 1.165) is 12.0 Å². The van der Waals surface area contributed by atoms with Gasteiger partial charge in [0.1, 0.15) is 0 Å². The molecule has 5 nitrogen and oxygen atoms in total. The van der Waals surface area contributed by atoms with Gasteiger partial charge in [0, 0.05) is 18.1 Å². The lowest BCUT2D eigenvalue weighted by molar-refractivity contribution is -0.132. The second-order valence-electron chi connectivity index (χ2n) is 6.15. The first-order valence-corrected chi connectivity index (χ1v) is 8.56. The Morgan fingerprint density at radius 1 is 1.12 bits per heavy atom. The third kappa shape index (κ3) is 4.31. The molecule has 0 aliphatic carbocycles. The molecule has 3 rings (SSSR count). The summed E-state index contributed by atoms with van der Waals surface area (Å²) in [6.07, 6.45) is 1.00. The lowest BCUT2D eigenvalue weighted by Gasteiger charge is -2.30. The fourth-order valence-electron chi connectivity index (χ4n) is 3.13. The summed E-state index contributed by atoms with van der Waals surface area (Å²) in [5, 5.41) is 3.25. The van der Waals surface area contributed by atoms with E-state index in [1.54, 1.807) is 24.3 Å². The minimum Gasteiger partial charge on any atom is -0.352 e. The topological polar surface area (TPSA) is 75.4 Å². The summed E-state index contributed by atoms with van der Waals surface area (Å²) in [6.45, 7) is 1.28. The van der Waals surface area contributed by atoms with Gasteiger partial charge in [-0.1, -0.05) is 48.0 Å². The molecule has 0 spiro atoms. The average molecular weight is 358 g/mol. The van der Waals surface area contributed by atoms with Crippen LogP contribution in [-0.2, 0) is 17.8 Å². The van der Waals surface area contributed by atoms with Crippen LogP contribution in [0.15, 0.2) is 48.5 Å². The van der Waals surface area contributed by atoms with Crippen molar-refractivity contribution in [2.24, 2.45) is 5.73 Å². The average Bonchev–Trinajstić information content (AvgIpc) is 2.61. The first-order chi connectivity index (χ1) is 12.0. The van der Waals surface area contributed by atoms with Gasteiger partial charge >= 0.3 is 6.03 Å². The molecule has 0 saturated carbocycles. The van der Waals surface area contributed by atoms with Crippen LogP contribution in [0.3, 0.4) is 0 Å². The van der Waals surface area contributed by atoms with Crippen LogP contribution >= 0.6 is 11.6 Å². The Morgan fingerprint density at radius 3 is 2.48 bits per heavy atom. The zero-order valence-corrected chi connectivity index (χ0v) is 14.5. The van der Waals surface area contributed by atoms with E-state index >= 15 is 0 Å². The Kier molecular flexibility index (Phi) is 5.24. The third-order valence-electron chi connectivity index (χ3n) is 4.45. The minimum atomic E-state index is -0.656. The summed E-state index contributed by atoms with van der Waals surface area (Å²) in [4.78, 5) is 25.9. The highest BCUT2D eigenvalue weighted by atomic mass is 35.5. The third-order valence-corrected chi connectivity index (χ3v) is 4.70. The molecule has 2 aromatic rings. The van der Waals surface area contributed by atoms with Crippen molar-refractivity contribution in [1.29, 1.82) is 0 Å². The molecule has 3 N–H and O–H groups in total. The predicted molar refractivity (Wildman–Crippen MR) is 97.1 cm³/mol. The molecule has 0 unspecified atom stereocenters. The largest absolute Gasteiger partial charge is 0.352 e. The van der Waals surface area contributed by atoms with Crippen LogP contribution in [0.1, 0.15) is 29.2 Å². The number of hydrogen-bond donors (Lipinski definition) is 2. The number of carbonyl (C=O) groups is 2. The van der Waals surface area contributed by atoms with E-state index in [0.29, 0.717) is 18.1 Å². The zero-order valence-electron chi connectivity index (χ0n) is 13.7. The monoisotopic (exact) mass is 357 g/mol. The molecular formula is C19H20ClN3O2. The molecular weight excluding hydrogens is 338 g/mol. The lowest BCUT2D eigenvalue weighted by atomic mass is 9.98. The van der Waals surface area contributed by atoms with Crippen molar-refractivity contribution in [3.05, 3.63) is 70.2 Å². The Labute approximate surface area is 151 Å². The maximum absolute atomic E-state index is 12.7. The maximum Gasteiger partial charge on any atom is 0.312 e. The normalized spacial score (nSPS) is 14.5. The van der Waals surface area contributed by atoms with Crippen molar-refractivity contribution >= 4 is 23.5 Å². The summed E-state index contributed by atoms with van der Waals surface area (Å²) >= 11 is 5.91. The van der Waals surface area contributed by atoms with Gasteiger partial charge < -0.3 is 16.0 Å². The molecule has 6 heteroatoms. The van der Waals surface area contributed by atoms with Gasteiger partial charge in [0.05, 0.1) is 12.5 Å². The van der Waals surface area contributed by atoms with Gasteiger partial charge in [-0.25, -0.2) is 4.79 Å². The quantitative estimate of drug-likeness (QED) is 0.882. The number of benzene rings is 2. The van der Waals surface area contributed by atoms with Crippen LogP contribution in [0, 0.1) is 0 Å². The second-order valence-corrected chi connectivity index (χ2v) is 6.59. The first-order valence-electron chi connectivity index (χ1n) is 8.19. The van der Waals surface area contributed by atoms with Gasteiger partial charge in [0.15, 0.2) is 0 Å². The van der Waals surface area contributed by atoms with Gasteiger partial charge in [-0.15, -0.1) is 0 Å². The van der Waals surface area contributed by atoms with Gasteiger partial charge in [-0.05, 0) is 35.2 Å². The molecule has 0 radical (unpaired) electrons. The smallest absolute Gasteiger partial charge is 0.312 e. The van der Waals surface area contributed by atoms with E-state index in [9.17, 15) is 9.59 Å². The Hall–Kier alpha value is -2.53. The predicted octanol–water partition coefficient (Wildman–Crippen LogP) is 3.02. The summed E-state index contributed by atoms with van der Waals surface area (Å²) in [5.41, 5.74) is 8.54. The molecule has 2 aromatic carbocycles. The van der Waals surface area contributed by atoms with Crippen LogP contribution in [0.5, 0.6) is 0 Å². The number of nitrogens with one attached hydrogen (secondary N) is 1. The first kappa shape index (κ1) is 17.3. The van der Waals surface area contributed by atoms with Crippen molar-refractivity contribution in [2.45, 2.75) is 25.4 Å². The molecule has 0 bridgehead atoms. The molecule has 1 aliphatic rings. The number of urea groups is 1. The number of amides is 3. The van der Waals surface area contributed by atoms with E-state index in [1.165, 1.54) is 11.1 Å². The maximum atomic E-state index is 12.7. The fourth-order valence-corrected chi connectivity index (χ4v) is 3.26. The highest BCUT2D eigenvalue weighted by Gasteiger charge is 2.24. The zero-order chi connectivity index (χ0) is 17.8. The van der Waals surface area contributed by atoms with Crippen LogP contribution in [0.2, 0.25) is 5.02 Å². The summed E-state index contributed by atoms with van der Waals surface area (Å²) in [5.74, 6) is -0.0109. The number of rotatable bonds is 4. The molecule has 0 saturated heterocycles. The van der Waals surface area contributed by atoms with Gasteiger partial charge in [-0.3, -0.25) is 4.79 Å². The van der Waals surface area contributed by atoms with Gasteiger partial charge in [0.25, 0.3) is 0 Å². The molecule has 1 aliphatic heterocycles. The molecule has 0 fully saturated rings. The van der Waals surface area contributed by atoms with E-state index < -0.39 is 12.1 Å². The Balaban J connectivity index is 1.72. The molecule has 1 atom stereocenters. The number of halogens is 1. The summed E-state index contributed by atoms with van der Waals surface area (Å²) in [7, 11) is 0. The summed E-state index contributed by atoms with van der Waals surface area (Å²) < 4.78 is 0. The van der Waals surface area contributed by atoms with Crippen molar-refractivity contribution in [3.63, 3.8) is 0 Å². The van der Waals surface area contributed by atoms with Crippen molar-refractivity contribution in [1.82, 2.24) is 10.2 Å². The van der Waals surface area contributed by atoms with Crippen molar-refractivity contribution in [2.75, 3.05) is 6.54 Å². The molecule has 1 heterocycles. The summed E-state index contributed by atoms with van der Waals surface area (Å²) in [6, 6.07) is 14.1. The van der Waals surface area contributed by atoms with E-state index in [-0.39, 0.29) is 12.3 Å².